The summed E-state index contributed by atoms with van der Waals surface area (Å²) in [5.41, 5.74) is 0.318. The summed E-state index contributed by atoms with van der Waals surface area (Å²) in [6.45, 7) is -1.16. The van der Waals surface area contributed by atoms with Gasteiger partial charge in [0.1, 0.15) is 19.0 Å². The van der Waals surface area contributed by atoms with Crippen LogP contribution < -0.4 is 4.74 Å². The summed E-state index contributed by atoms with van der Waals surface area (Å²) in [5.74, 6) is -3.27. The van der Waals surface area contributed by atoms with Crippen LogP contribution in [0.15, 0.2) is 48.7 Å². The number of halogens is 2. The summed E-state index contributed by atoms with van der Waals surface area (Å²) < 4.78 is 32.4. The molecule has 0 bridgehead atoms. The number of aliphatic hydroxyl groups is 1. The number of nitrogens with zero attached hydrogens (tertiary/aromatic N) is 1. The average molecular weight is 265 g/mol. The number of benzene rings is 1. The van der Waals surface area contributed by atoms with Crippen molar-refractivity contribution in [2.45, 2.75) is 12.5 Å². The van der Waals surface area contributed by atoms with Crippen LogP contribution in [0.25, 0.3) is 0 Å². The van der Waals surface area contributed by atoms with Gasteiger partial charge in [0.15, 0.2) is 0 Å². The molecule has 0 spiro atoms. The summed E-state index contributed by atoms with van der Waals surface area (Å²) >= 11 is 0. The molecular formula is C14H13F2NO2. The second-order valence-corrected chi connectivity index (χ2v) is 3.97. The zero-order valence-electron chi connectivity index (χ0n) is 10.1. The molecule has 0 saturated carbocycles. The molecule has 100 valence electrons. The Labute approximate surface area is 109 Å². The molecule has 1 aromatic heterocycles. The molecule has 1 heterocycles. The Morgan fingerprint density at radius 3 is 2.53 bits per heavy atom. The van der Waals surface area contributed by atoms with Crippen LogP contribution in [0, 0.1) is 0 Å². The van der Waals surface area contributed by atoms with E-state index in [4.69, 9.17) is 9.84 Å². The minimum atomic E-state index is -3.32. The van der Waals surface area contributed by atoms with E-state index >= 15 is 0 Å². The van der Waals surface area contributed by atoms with Gasteiger partial charge in [-0.25, -0.2) is 0 Å². The lowest BCUT2D eigenvalue weighted by atomic mass is 10.1. The van der Waals surface area contributed by atoms with Gasteiger partial charge in [0.25, 0.3) is 5.92 Å². The van der Waals surface area contributed by atoms with E-state index in [1.807, 2.05) is 0 Å². The molecule has 19 heavy (non-hydrogen) atoms. The van der Waals surface area contributed by atoms with Crippen molar-refractivity contribution in [3.8, 4) is 5.75 Å². The molecule has 0 aliphatic rings. The average Bonchev–Trinajstić information content (AvgIpc) is 2.46. The molecule has 1 aromatic carbocycles. The van der Waals surface area contributed by atoms with Gasteiger partial charge in [-0.15, -0.1) is 0 Å². The molecule has 1 N–H and O–H groups in total. The molecule has 0 atom stereocenters. The zero-order valence-corrected chi connectivity index (χ0v) is 10.1. The first kappa shape index (κ1) is 13.4. The zero-order chi connectivity index (χ0) is 13.7. The number of aromatic nitrogens is 1. The summed E-state index contributed by atoms with van der Waals surface area (Å²) in [7, 11) is 0. The van der Waals surface area contributed by atoms with E-state index in [0.717, 1.165) is 0 Å². The fourth-order valence-electron chi connectivity index (χ4n) is 1.62. The highest BCUT2D eigenvalue weighted by Gasteiger charge is 2.33. The maximum atomic E-state index is 13.5. The van der Waals surface area contributed by atoms with E-state index in [1.165, 1.54) is 18.2 Å². The van der Waals surface area contributed by atoms with Gasteiger partial charge in [-0.3, -0.25) is 4.98 Å². The number of para-hydroxylation sites is 1. The van der Waals surface area contributed by atoms with Crippen LogP contribution >= 0.6 is 0 Å². The predicted octanol–water partition coefficient (Wildman–Crippen LogP) is 2.74. The smallest absolute Gasteiger partial charge is 0.299 e. The van der Waals surface area contributed by atoms with Crippen LogP contribution in [0.1, 0.15) is 11.3 Å². The van der Waals surface area contributed by atoms with Crippen LogP contribution in [0.2, 0.25) is 0 Å². The second kappa shape index (κ2) is 5.75. The number of rotatable bonds is 5. The number of hydrogen-bond donors (Lipinski definition) is 1. The van der Waals surface area contributed by atoms with Crippen molar-refractivity contribution >= 4 is 0 Å². The molecule has 0 unspecified atom stereocenters. The van der Waals surface area contributed by atoms with E-state index in [0.29, 0.717) is 5.69 Å². The van der Waals surface area contributed by atoms with E-state index in [9.17, 15) is 8.78 Å². The lowest BCUT2D eigenvalue weighted by Gasteiger charge is -2.17. The third-order valence-corrected chi connectivity index (χ3v) is 2.58. The lowest BCUT2D eigenvalue weighted by molar-refractivity contribution is -0.0575. The van der Waals surface area contributed by atoms with Gasteiger partial charge < -0.3 is 9.84 Å². The number of hydrogen-bond acceptors (Lipinski definition) is 3. The third-order valence-electron chi connectivity index (χ3n) is 2.58. The topological polar surface area (TPSA) is 42.4 Å². The Hall–Kier alpha value is -2.01. The van der Waals surface area contributed by atoms with E-state index in [1.54, 1.807) is 30.5 Å². The van der Waals surface area contributed by atoms with Crippen molar-refractivity contribution in [1.29, 1.82) is 0 Å². The summed E-state index contributed by atoms with van der Waals surface area (Å²) in [4.78, 5) is 4.04. The molecule has 0 aliphatic heterocycles. The molecule has 0 saturated heterocycles. The fourth-order valence-corrected chi connectivity index (χ4v) is 1.62. The Kier molecular flexibility index (Phi) is 4.06. The van der Waals surface area contributed by atoms with Crippen LogP contribution in [0.5, 0.6) is 5.75 Å². The van der Waals surface area contributed by atoms with Gasteiger partial charge in [-0.05, 0) is 24.3 Å². The molecule has 0 radical (unpaired) electrons. The largest absolute Gasteiger partial charge is 0.487 e. The molecule has 2 aromatic rings. The lowest BCUT2D eigenvalue weighted by Crippen LogP contribution is -2.19. The van der Waals surface area contributed by atoms with Crippen molar-refractivity contribution in [2.75, 3.05) is 6.61 Å². The monoisotopic (exact) mass is 265 g/mol. The summed E-state index contributed by atoms with van der Waals surface area (Å²) in [5, 5.41) is 8.74. The van der Waals surface area contributed by atoms with E-state index < -0.39 is 12.5 Å². The highest BCUT2D eigenvalue weighted by molar-refractivity contribution is 5.36. The molecule has 3 nitrogen and oxygen atoms in total. The highest BCUT2D eigenvalue weighted by atomic mass is 19.3. The van der Waals surface area contributed by atoms with Gasteiger partial charge in [-0.1, -0.05) is 18.2 Å². The maximum Gasteiger partial charge on any atom is 0.299 e. The minimum absolute atomic E-state index is 0.0483. The number of ether oxygens (including phenoxy) is 1. The molecule has 5 heteroatoms. The van der Waals surface area contributed by atoms with Crippen molar-refractivity contribution in [3.05, 3.63) is 59.9 Å². The summed E-state index contributed by atoms with van der Waals surface area (Å²) in [6.07, 6.45) is 1.60. The fraction of sp³-hybridized carbons (Fsp3) is 0.214. The van der Waals surface area contributed by atoms with Crippen LogP contribution in [0.4, 0.5) is 8.78 Å². The van der Waals surface area contributed by atoms with Crippen molar-refractivity contribution < 1.29 is 18.6 Å². The Morgan fingerprint density at radius 1 is 1.11 bits per heavy atom. The standard InChI is InChI=1S/C14H13F2NO2/c15-14(16,10-18)12-6-1-2-7-13(12)19-9-11-5-3-4-8-17-11/h1-8,18H,9-10H2. The van der Waals surface area contributed by atoms with Crippen LogP contribution in [-0.2, 0) is 12.5 Å². The molecule has 0 amide bonds. The molecule has 2 rings (SSSR count). The molecular weight excluding hydrogens is 252 g/mol. The van der Waals surface area contributed by atoms with Crippen molar-refractivity contribution in [1.82, 2.24) is 4.98 Å². The Balaban J connectivity index is 2.17. The maximum absolute atomic E-state index is 13.5. The minimum Gasteiger partial charge on any atom is -0.487 e. The van der Waals surface area contributed by atoms with Crippen molar-refractivity contribution in [3.63, 3.8) is 0 Å². The van der Waals surface area contributed by atoms with Gasteiger partial charge in [0.2, 0.25) is 0 Å². The quantitative estimate of drug-likeness (QED) is 0.903. The van der Waals surface area contributed by atoms with Gasteiger partial charge in [-0.2, -0.15) is 8.78 Å². The molecule has 0 aliphatic carbocycles. The van der Waals surface area contributed by atoms with Crippen molar-refractivity contribution in [2.24, 2.45) is 0 Å². The third kappa shape index (κ3) is 3.26. The van der Waals surface area contributed by atoms with E-state index in [-0.39, 0.29) is 17.9 Å². The normalized spacial score (nSPS) is 11.3. The first-order valence-corrected chi connectivity index (χ1v) is 5.74. The highest BCUT2D eigenvalue weighted by Crippen LogP contribution is 2.34. The van der Waals surface area contributed by atoms with E-state index in [2.05, 4.69) is 4.98 Å². The van der Waals surface area contributed by atoms with Gasteiger partial charge >= 0.3 is 0 Å². The number of pyridine rings is 1. The SMILES string of the molecule is OCC(F)(F)c1ccccc1OCc1ccccn1. The Morgan fingerprint density at radius 2 is 1.84 bits per heavy atom. The van der Waals surface area contributed by atoms with Gasteiger partial charge in [0, 0.05) is 6.20 Å². The predicted molar refractivity (Wildman–Crippen MR) is 66.0 cm³/mol. The Bertz CT molecular complexity index is 532. The van der Waals surface area contributed by atoms with Crippen LogP contribution in [-0.4, -0.2) is 16.7 Å². The summed E-state index contributed by atoms with van der Waals surface area (Å²) in [6, 6.07) is 11.1. The van der Waals surface area contributed by atoms with Gasteiger partial charge in [0.05, 0.1) is 11.3 Å². The first-order valence-electron chi connectivity index (χ1n) is 5.74. The first-order chi connectivity index (χ1) is 9.13. The second-order valence-electron chi connectivity index (χ2n) is 3.97. The number of alkyl halides is 2. The van der Waals surface area contributed by atoms with Crippen LogP contribution in [0.3, 0.4) is 0 Å². The number of aliphatic hydroxyl groups excluding tert-OH is 1. The molecule has 0 fully saturated rings.